The molecule has 0 aliphatic heterocycles. The van der Waals surface area contributed by atoms with E-state index in [1.807, 2.05) is 12.3 Å². The van der Waals surface area contributed by atoms with Crippen LogP contribution in [0.1, 0.15) is 34.7 Å². The predicted octanol–water partition coefficient (Wildman–Crippen LogP) is 3.77. The number of rotatable bonds is 2. The summed E-state index contributed by atoms with van der Waals surface area (Å²) in [5.41, 5.74) is 12.8. The van der Waals surface area contributed by atoms with Crippen molar-refractivity contribution >= 4 is 10.9 Å². The van der Waals surface area contributed by atoms with Gasteiger partial charge in [0.1, 0.15) is 0 Å². The van der Waals surface area contributed by atoms with Crippen molar-refractivity contribution in [3.05, 3.63) is 77.0 Å². The Hall–Kier alpha value is -2.19. The molecule has 1 heterocycles. The number of para-hydroxylation sites is 1. The van der Waals surface area contributed by atoms with E-state index in [2.05, 4.69) is 47.4 Å². The van der Waals surface area contributed by atoms with Gasteiger partial charge in [-0.25, -0.2) is 0 Å². The number of hydrogen-bond acceptors (Lipinski definition) is 2. The molecule has 1 aromatic heterocycles. The third-order valence-electron chi connectivity index (χ3n) is 4.48. The lowest BCUT2D eigenvalue weighted by Crippen LogP contribution is -2.13. The summed E-state index contributed by atoms with van der Waals surface area (Å²) in [6, 6.07) is 16.9. The van der Waals surface area contributed by atoms with Gasteiger partial charge >= 0.3 is 0 Å². The Morgan fingerprint density at radius 3 is 2.76 bits per heavy atom. The summed E-state index contributed by atoms with van der Waals surface area (Å²) >= 11 is 0. The Morgan fingerprint density at radius 2 is 1.81 bits per heavy atom. The first-order valence-electron chi connectivity index (χ1n) is 7.54. The van der Waals surface area contributed by atoms with E-state index in [0.717, 1.165) is 16.5 Å². The molecule has 0 saturated carbocycles. The molecule has 4 rings (SSSR count). The third-order valence-corrected chi connectivity index (χ3v) is 4.48. The first kappa shape index (κ1) is 12.5. The van der Waals surface area contributed by atoms with Crippen LogP contribution in [0.5, 0.6) is 0 Å². The number of benzene rings is 2. The first-order chi connectivity index (χ1) is 10.3. The lowest BCUT2D eigenvalue weighted by atomic mass is 9.95. The van der Waals surface area contributed by atoms with E-state index in [1.54, 1.807) is 0 Å². The molecule has 3 aromatic rings. The first-order valence-corrected chi connectivity index (χ1v) is 7.54. The molecule has 0 spiro atoms. The summed E-state index contributed by atoms with van der Waals surface area (Å²) in [6.07, 6.45) is 5.50. The number of nitrogens with zero attached hydrogens (tertiary/aromatic N) is 1. The summed E-state index contributed by atoms with van der Waals surface area (Å²) in [5.74, 6) is 0. The average Bonchev–Trinajstić information content (AvgIpc) is 3.01. The van der Waals surface area contributed by atoms with Crippen molar-refractivity contribution in [1.29, 1.82) is 0 Å². The highest BCUT2D eigenvalue weighted by molar-refractivity contribution is 5.82. The van der Waals surface area contributed by atoms with Gasteiger partial charge in [0.15, 0.2) is 0 Å². The van der Waals surface area contributed by atoms with Crippen LogP contribution in [0.3, 0.4) is 0 Å². The van der Waals surface area contributed by atoms with Gasteiger partial charge in [-0.05, 0) is 47.6 Å². The van der Waals surface area contributed by atoms with Crippen LogP contribution in [0.2, 0.25) is 0 Å². The Kier molecular flexibility index (Phi) is 2.97. The molecular weight excluding hydrogens is 256 g/mol. The Balaban J connectivity index is 1.81. The van der Waals surface area contributed by atoms with E-state index >= 15 is 0 Å². The summed E-state index contributed by atoms with van der Waals surface area (Å²) in [5, 5.41) is 1.15. The van der Waals surface area contributed by atoms with Crippen LogP contribution in [0, 0.1) is 0 Å². The smallest absolute Gasteiger partial charge is 0.0753 e. The molecule has 0 radical (unpaired) electrons. The van der Waals surface area contributed by atoms with E-state index in [1.165, 1.54) is 36.0 Å². The van der Waals surface area contributed by atoms with Crippen molar-refractivity contribution in [2.75, 3.05) is 0 Å². The molecule has 104 valence electrons. The molecule has 0 fully saturated rings. The molecule has 0 bridgehead atoms. The summed E-state index contributed by atoms with van der Waals surface area (Å²) in [6.45, 7) is 0. The molecule has 21 heavy (non-hydrogen) atoms. The van der Waals surface area contributed by atoms with Crippen molar-refractivity contribution in [2.24, 2.45) is 5.73 Å². The number of nitrogens with two attached hydrogens (primary N) is 1. The van der Waals surface area contributed by atoms with E-state index in [-0.39, 0.29) is 6.04 Å². The minimum Gasteiger partial charge on any atom is -0.320 e. The van der Waals surface area contributed by atoms with Gasteiger partial charge in [0.25, 0.3) is 0 Å². The van der Waals surface area contributed by atoms with E-state index in [4.69, 9.17) is 5.73 Å². The van der Waals surface area contributed by atoms with Gasteiger partial charge in [0.05, 0.1) is 11.6 Å². The number of pyridine rings is 1. The zero-order chi connectivity index (χ0) is 14.2. The van der Waals surface area contributed by atoms with Gasteiger partial charge < -0.3 is 5.73 Å². The second-order valence-corrected chi connectivity index (χ2v) is 5.78. The number of fused-ring (bicyclic) bond motifs is 2. The molecule has 0 saturated heterocycles. The lowest BCUT2D eigenvalue weighted by Gasteiger charge is -2.15. The van der Waals surface area contributed by atoms with Crippen LogP contribution in [0.15, 0.2) is 54.7 Å². The number of aryl methyl sites for hydroxylation is 2. The minimum atomic E-state index is -0.116. The minimum absolute atomic E-state index is 0.116. The highest BCUT2D eigenvalue weighted by Crippen LogP contribution is 2.29. The highest BCUT2D eigenvalue weighted by Gasteiger charge is 2.16. The quantitative estimate of drug-likeness (QED) is 0.772. The molecule has 1 aliphatic carbocycles. The molecule has 1 atom stereocenters. The molecule has 1 aliphatic rings. The fourth-order valence-electron chi connectivity index (χ4n) is 3.34. The van der Waals surface area contributed by atoms with Crippen molar-refractivity contribution in [3.63, 3.8) is 0 Å². The fraction of sp³-hybridized carbons (Fsp3) is 0.211. The molecule has 2 nitrogen and oxygen atoms in total. The maximum absolute atomic E-state index is 6.54. The van der Waals surface area contributed by atoms with E-state index in [0.29, 0.717) is 0 Å². The van der Waals surface area contributed by atoms with Crippen LogP contribution in [-0.2, 0) is 12.8 Å². The topological polar surface area (TPSA) is 38.9 Å². The molecule has 0 amide bonds. The molecule has 1 unspecified atom stereocenters. The van der Waals surface area contributed by atoms with Crippen LogP contribution in [-0.4, -0.2) is 4.98 Å². The van der Waals surface area contributed by atoms with Crippen molar-refractivity contribution in [3.8, 4) is 0 Å². The zero-order valence-corrected chi connectivity index (χ0v) is 11.9. The number of aromatic nitrogens is 1. The second kappa shape index (κ2) is 4.97. The zero-order valence-electron chi connectivity index (χ0n) is 11.9. The Bertz CT molecular complexity index is 802. The third kappa shape index (κ3) is 2.12. The molecule has 2 N–H and O–H groups in total. The van der Waals surface area contributed by atoms with E-state index < -0.39 is 0 Å². The summed E-state index contributed by atoms with van der Waals surface area (Å²) < 4.78 is 0. The van der Waals surface area contributed by atoms with Gasteiger partial charge in [-0.3, -0.25) is 4.98 Å². The Morgan fingerprint density at radius 1 is 0.952 bits per heavy atom. The normalized spacial score (nSPS) is 15.1. The van der Waals surface area contributed by atoms with E-state index in [9.17, 15) is 0 Å². The SMILES string of the molecule is NC(c1ccc2c(c1)CCC2)c1cccc2cccnc12. The second-order valence-electron chi connectivity index (χ2n) is 5.78. The fourth-order valence-corrected chi connectivity index (χ4v) is 3.34. The van der Waals surface area contributed by atoms with Crippen LogP contribution >= 0.6 is 0 Å². The maximum atomic E-state index is 6.54. The van der Waals surface area contributed by atoms with Crippen molar-refractivity contribution < 1.29 is 0 Å². The maximum Gasteiger partial charge on any atom is 0.0753 e. The standard InChI is InChI=1S/C19H18N2/c20-18(16-10-9-13-4-1-6-15(13)12-16)17-8-2-5-14-7-3-11-21-19(14)17/h2-3,5,7-12,18H,1,4,6,20H2. The average molecular weight is 274 g/mol. The van der Waals surface area contributed by atoms with Gasteiger partial charge in [-0.2, -0.15) is 0 Å². The van der Waals surface area contributed by atoms with Gasteiger partial charge in [-0.1, -0.05) is 42.5 Å². The molecular formula is C19H18N2. The number of hydrogen-bond donors (Lipinski definition) is 1. The van der Waals surface area contributed by atoms with Crippen LogP contribution in [0.4, 0.5) is 0 Å². The summed E-state index contributed by atoms with van der Waals surface area (Å²) in [7, 11) is 0. The molecule has 2 aromatic carbocycles. The van der Waals surface area contributed by atoms with Gasteiger partial charge in [0.2, 0.25) is 0 Å². The highest BCUT2D eigenvalue weighted by atomic mass is 14.7. The summed E-state index contributed by atoms with van der Waals surface area (Å²) in [4.78, 5) is 4.52. The van der Waals surface area contributed by atoms with Gasteiger partial charge in [0, 0.05) is 11.6 Å². The lowest BCUT2D eigenvalue weighted by molar-refractivity contribution is 0.872. The molecule has 2 heteroatoms. The van der Waals surface area contributed by atoms with Crippen molar-refractivity contribution in [2.45, 2.75) is 25.3 Å². The van der Waals surface area contributed by atoms with Crippen LogP contribution < -0.4 is 5.73 Å². The largest absolute Gasteiger partial charge is 0.320 e. The van der Waals surface area contributed by atoms with Crippen LogP contribution in [0.25, 0.3) is 10.9 Å². The predicted molar refractivity (Wildman–Crippen MR) is 86.2 cm³/mol. The monoisotopic (exact) mass is 274 g/mol. The Labute approximate surface area is 124 Å². The van der Waals surface area contributed by atoms with Gasteiger partial charge in [-0.15, -0.1) is 0 Å². The van der Waals surface area contributed by atoms with Crippen molar-refractivity contribution in [1.82, 2.24) is 4.98 Å².